The molecule has 0 bridgehead atoms. The van der Waals surface area contributed by atoms with Gasteiger partial charge in [0.05, 0.1) is 23.6 Å². The molecule has 8 heteroatoms. The molecule has 0 spiro atoms. The van der Waals surface area contributed by atoms with Gasteiger partial charge in [-0.2, -0.15) is 9.89 Å². The predicted molar refractivity (Wildman–Crippen MR) is 106 cm³/mol. The zero-order valence-electron chi connectivity index (χ0n) is 14.5. The number of carbonyl (C=O) groups excluding carboxylic acids is 1. The normalized spacial score (nSPS) is 16.4. The number of aromatic nitrogens is 2. The molecule has 1 saturated heterocycles. The van der Waals surface area contributed by atoms with E-state index in [2.05, 4.69) is 5.10 Å². The first kappa shape index (κ1) is 18.0. The van der Waals surface area contributed by atoms with Crippen LogP contribution in [0, 0.1) is 0 Å². The maximum atomic E-state index is 12.8. The van der Waals surface area contributed by atoms with Crippen LogP contribution in [0.3, 0.4) is 0 Å². The molecule has 6 nitrogen and oxygen atoms in total. The molecule has 0 unspecified atom stereocenters. The number of nitrogens with zero attached hydrogens (tertiary/aromatic N) is 3. The summed E-state index contributed by atoms with van der Waals surface area (Å²) in [5, 5.41) is 17.4. The highest BCUT2D eigenvalue weighted by Gasteiger charge is 2.35. The second-order valence-corrected chi connectivity index (χ2v) is 8.09. The average Bonchev–Trinajstić information content (AvgIpc) is 3.31. The minimum absolute atomic E-state index is 0.0178. The number of thiophene rings is 1. The van der Waals surface area contributed by atoms with Crippen LogP contribution in [0.1, 0.15) is 28.8 Å². The van der Waals surface area contributed by atoms with Crippen LogP contribution in [0.15, 0.2) is 48.1 Å². The summed E-state index contributed by atoms with van der Waals surface area (Å²) in [6.45, 7) is 1.01. The van der Waals surface area contributed by atoms with E-state index in [1.54, 1.807) is 29.4 Å². The summed E-state index contributed by atoms with van der Waals surface area (Å²) in [6, 6.07) is 9.13. The van der Waals surface area contributed by atoms with Gasteiger partial charge >= 0.3 is 0 Å². The van der Waals surface area contributed by atoms with Crippen molar-refractivity contribution in [3.05, 3.63) is 64.3 Å². The van der Waals surface area contributed by atoms with Crippen molar-refractivity contribution in [3.63, 3.8) is 0 Å². The third kappa shape index (κ3) is 3.58. The molecule has 0 aliphatic carbocycles. The zero-order valence-corrected chi connectivity index (χ0v) is 16.1. The van der Waals surface area contributed by atoms with Gasteiger partial charge in [0, 0.05) is 33.9 Å². The molecule has 0 radical (unpaired) electrons. The Morgan fingerprint density at radius 1 is 1.26 bits per heavy atom. The second kappa shape index (κ2) is 6.99. The van der Waals surface area contributed by atoms with Crippen LogP contribution in [0.25, 0.3) is 10.4 Å². The largest absolute Gasteiger partial charge is 0.385 e. The summed E-state index contributed by atoms with van der Waals surface area (Å²) < 4.78 is 0. The Balaban J connectivity index is 1.44. The molecule has 27 heavy (non-hydrogen) atoms. The van der Waals surface area contributed by atoms with Crippen molar-refractivity contribution < 1.29 is 9.90 Å². The Labute approximate surface area is 165 Å². The molecular formula is C19H19ClN4O2S. The first-order valence-electron chi connectivity index (χ1n) is 8.61. The lowest BCUT2D eigenvalue weighted by molar-refractivity contribution is -0.0211. The summed E-state index contributed by atoms with van der Waals surface area (Å²) in [7, 11) is 0. The minimum atomic E-state index is -0.920. The number of hydrogen-bond acceptors (Lipinski definition) is 5. The molecule has 2 aromatic heterocycles. The first-order chi connectivity index (χ1) is 12.9. The van der Waals surface area contributed by atoms with Crippen molar-refractivity contribution in [1.82, 2.24) is 14.8 Å². The lowest BCUT2D eigenvalue weighted by atomic mass is 9.84. The molecule has 140 valence electrons. The fourth-order valence-electron chi connectivity index (χ4n) is 3.38. The Morgan fingerprint density at radius 3 is 2.59 bits per heavy atom. The van der Waals surface area contributed by atoms with Crippen molar-refractivity contribution in [2.24, 2.45) is 0 Å². The third-order valence-electron chi connectivity index (χ3n) is 4.99. The summed E-state index contributed by atoms with van der Waals surface area (Å²) in [6.07, 6.45) is 4.38. The van der Waals surface area contributed by atoms with Gasteiger partial charge in [-0.15, -0.1) is 11.3 Å². The number of nitrogen functional groups attached to an aromatic ring is 1. The lowest BCUT2D eigenvalue weighted by Crippen LogP contribution is -2.45. The Hall–Kier alpha value is -2.35. The molecule has 3 heterocycles. The summed E-state index contributed by atoms with van der Waals surface area (Å²) in [5.41, 5.74) is 1.46. The number of aliphatic hydroxyl groups is 1. The molecule has 1 amide bonds. The highest BCUT2D eigenvalue weighted by molar-refractivity contribution is 7.13. The number of carbonyl (C=O) groups is 1. The van der Waals surface area contributed by atoms with E-state index in [1.165, 1.54) is 16.1 Å². The first-order valence-corrected chi connectivity index (χ1v) is 9.87. The van der Waals surface area contributed by atoms with Gasteiger partial charge in [0.1, 0.15) is 0 Å². The number of piperidine rings is 1. The SMILES string of the molecule is Nn1cc(-c2cc(C(=O)N3CCC(O)(c4ccc(Cl)cc4)CC3)cs2)cn1. The van der Waals surface area contributed by atoms with Gasteiger partial charge in [-0.3, -0.25) is 4.79 Å². The molecule has 3 N–H and O–H groups in total. The Morgan fingerprint density at radius 2 is 1.96 bits per heavy atom. The third-order valence-corrected chi connectivity index (χ3v) is 6.22. The summed E-state index contributed by atoms with van der Waals surface area (Å²) in [4.78, 5) is 16.8. The van der Waals surface area contributed by atoms with Crippen molar-refractivity contribution in [3.8, 4) is 10.4 Å². The van der Waals surface area contributed by atoms with E-state index in [4.69, 9.17) is 17.4 Å². The van der Waals surface area contributed by atoms with Gasteiger partial charge in [-0.1, -0.05) is 23.7 Å². The number of halogens is 1. The van der Waals surface area contributed by atoms with Crippen molar-refractivity contribution in [2.75, 3.05) is 18.9 Å². The molecule has 1 aliphatic rings. The molecule has 0 saturated carbocycles. The van der Waals surface area contributed by atoms with Crippen LogP contribution in [-0.4, -0.2) is 38.9 Å². The van der Waals surface area contributed by atoms with Crippen molar-refractivity contribution in [2.45, 2.75) is 18.4 Å². The molecular weight excluding hydrogens is 384 g/mol. The van der Waals surface area contributed by atoms with Gasteiger partial charge in [0.2, 0.25) is 0 Å². The van der Waals surface area contributed by atoms with E-state index in [1.807, 2.05) is 23.6 Å². The van der Waals surface area contributed by atoms with E-state index >= 15 is 0 Å². The summed E-state index contributed by atoms with van der Waals surface area (Å²) >= 11 is 7.42. The number of amides is 1. The van der Waals surface area contributed by atoms with Crippen LogP contribution in [0.2, 0.25) is 5.02 Å². The van der Waals surface area contributed by atoms with E-state index in [0.29, 0.717) is 36.5 Å². The fourth-order valence-corrected chi connectivity index (χ4v) is 4.36. The standard InChI is InChI=1S/C19H19ClN4O2S/c20-16-3-1-15(2-4-16)19(26)5-7-23(8-6-19)18(25)13-9-17(27-12-13)14-10-22-24(21)11-14/h1-4,9-12,26H,5-8,21H2. The number of likely N-dealkylation sites (tertiary alicyclic amines) is 1. The lowest BCUT2D eigenvalue weighted by Gasteiger charge is -2.38. The number of rotatable bonds is 3. The van der Waals surface area contributed by atoms with Crippen LogP contribution in [0.4, 0.5) is 0 Å². The quantitative estimate of drug-likeness (QED) is 0.659. The van der Waals surface area contributed by atoms with Gasteiger partial charge in [-0.05, 0) is 36.6 Å². The topological polar surface area (TPSA) is 84.4 Å². The maximum absolute atomic E-state index is 12.8. The molecule has 3 aromatic rings. The highest BCUT2D eigenvalue weighted by Crippen LogP contribution is 2.34. The van der Waals surface area contributed by atoms with Gasteiger partial charge in [0.15, 0.2) is 0 Å². The van der Waals surface area contributed by atoms with Crippen LogP contribution in [0.5, 0.6) is 0 Å². The Bertz CT molecular complexity index is 958. The van der Waals surface area contributed by atoms with Crippen LogP contribution < -0.4 is 5.84 Å². The Kier molecular flexibility index (Phi) is 4.67. The zero-order chi connectivity index (χ0) is 19.0. The van der Waals surface area contributed by atoms with Crippen molar-refractivity contribution in [1.29, 1.82) is 0 Å². The van der Waals surface area contributed by atoms with E-state index in [-0.39, 0.29) is 5.91 Å². The van der Waals surface area contributed by atoms with Gasteiger partial charge in [-0.25, -0.2) is 0 Å². The number of nitrogens with two attached hydrogens (primary N) is 1. The maximum Gasteiger partial charge on any atom is 0.254 e. The molecule has 0 atom stereocenters. The molecule has 1 fully saturated rings. The summed E-state index contributed by atoms with van der Waals surface area (Å²) in [5.74, 6) is 5.57. The highest BCUT2D eigenvalue weighted by atomic mass is 35.5. The van der Waals surface area contributed by atoms with Crippen LogP contribution in [-0.2, 0) is 5.60 Å². The second-order valence-electron chi connectivity index (χ2n) is 6.74. The van der Waals surface area contributed by atoms with Gasteiger partial charge < -0.3 is 15.8 Å². The fraction of sp³-hybridized carbons (Fsp3) is 0.263. The smallest absolute Gasteiger partial charge is 0.254 e. The predicted octanol–water partition coefficient (Wildman–Crippen LogP) is 3.10. The molecule has 1 aromatic carbocycles. The minimum Gasteiger partial charge on any atom is -0.385 e. The number of hydrogen-bond donors (Lipinski definition) is 2. The number of benzene rings is 1. The van der Waals surface area contributed by atoms with Crippen LogP contribution >= 0.6 is 22.9 Å². The van der Waals surface area contributed by atoms with Crippen molar-refractivity contribution >= 4 is 28.8 Å². The molecule has 1 aliphatic heterocycles. The molecule has 4 rings (SSSR count). The van der Waals surface area contributed by atoms with E-state index in [9.17, 15) is 9.90 Å². The van der Waals surface area contributed by atoms with E-state index < -0.39 is 5.60 Å². The van der Waals surface area contributed by atoms with Gasteiger partial charge in [0.25, 0.3) is 5.91 Å². The average molecular weight is 403 g/mol. The monoisotopic (exact) mass is 402 g/mol. The van der Waals surface area contributed by atoms with E-state index in [0.717, 1.165) is 16.0 Å².